The van der Waals surface area contributed by atoms with Gasteiger partial charge in [-0.2, -0.15) is 5.26 Å². The molecule has 0 saturated carbocycles. The molecule has 0 aliphatic heterocycles. The van der Waals surface area contributed by atoms with Gasteiger partial charge >= 0.3 is 0 Å². The quantitative estimate of drug-likeness (QED) is 0.660. The van der Waals surface area contributed by atoms with Gasteiger partial charge in [-0.05, 0) is 18.2 Å². The first kappa shape index (κ1) is 10.6. The third kappa shape index (κ3) is 3.12. The molecular formula is C11H9BrN2. The molecular weight excluding hydrogens is 240 g/mol. The van der Waals surface area contributed by atoms with Gasteiger partial charge in [0.1, 0.15) is 0 Å². The van der Waals surface area contributed by atoms with Gasteiger partial charge in [0.05, 0.1) is 11.6 Å². The fourth-order valence-electron chi connectivity index (χ4n) is 1.04. The van der Waals surface area contributed by atoms with Gasteiger partial charge in [0.15, 0.2) is 0 Å². The van der Waals surface area contributed by atoms with Crippen LogP contribution in [0.4, 0.5) is 5.69 Å². The Morgan fingerprint density at radius 1 is 1.43 bits per heavy atom. The molecule has 0 heterocycles. The maximum atomic E-state index is 8.73. The Balaban J connectivity index is 2.74. The van der Waals surface area contributed by atoms with Gasteiger partial charge in [0, 0.05) is 23.1 Å². The molecule has 2 nitrogen and oxygen atoms in total. The number of terminal acetylenes is 1. The highest BCUT2D eigenvalue weighted by atomic mass is 79.9. The number of hydrogen-bond acceptors (Lipinski definition) is 2. The molecule has 1 aromatic rings. The summed E-state index contributed by atoms with van der Waals surface area (Å²) in [6.07, 6.45) is 5.80. The molecule has 0 saturated heterocycles. The van der Waals surface area contributed by atoms with Crippen molar-refractivity contribution in [1.29, 1.82) is 5.26 Å². The average molecular weight is 249 g/mol. The van der Waals surface area contributed by atoms with Crippen molar-refractivity contribution in [2.45, 2.75) is 6.42 Å². The van der Waals surface area contributed by atoms with Gasteiger partial charge in [-0.15, -0.1) is 12.3 Å². The minimum atomic E-state index is 0.627. The average Bonchev–Trinajstić information content (AvgIpc) is 2.17. The van der Waals surface area contributed by atoms with E-state index in [0.29, 0.717) is 12.0 Å². The van der Waals surface area contributed by atoms with E-state index in [-0.39, 0.29) is 0 Å². The summed E-state index contributed by atoms with van der Waals surface area (Å²) < 4.78 is 0.889. The van der Waals surface area contributed by atoms with Crippen molar-refractivity contribution >= 4 is 21.6 Å². The number of nitriles is 1. The zero-order valence-electron chi connectivity index (χ0n) is 7.55. The molecule has 0 amide bonds. The second kappa shape index (κ2) is 5.32. The van der Waals surface area contributed by atoms with Gasteiger partial charge in [0.2, 0.25) is 0 Å². The van der Waals surface area contributed by atoms with Crippen LogP contribution in [0.2, 0.25) is 0 Å². The summed E-state index contributed by atoms with van der Waals surface area (Å²) in [7, 11) is 0. The molecule has 70 valence electrons. The number of rotatable bonds is 3. The van der Waals surface area contributed by atoms with E-state index in [9.17, 15) is 0 Å². The lowest BCUT2D eigenvalue weighted by molar-refractivity contribution is 1.10. The third-order valence-corrected chi connectivity index (χ3v) is 2.08. The first-order chi connectivity index (χ1) is 6.76. The summed E-state index contributed by atoms with van der Waals surface area (Å²) >= 11 is 3.33. The molecule has 1 N–H and O–H groups in total. The molecule has 0 aliphatic carbocycles. The Morgan fingerprint density at radius 2 is 2.21 bits per heavy atom. The van der Waals surface area contributed by atoms with E-state index in [2.05, 4.69) is 33.2 Å². The van der Waals surface area contributed by atoms with Crippen molar-refractivity contribution in [2.24, 2.45) is 0 Å². The van der Waals surface area contributed by atoms with Crippen LogP contribution in [-0.2, 0) is 0 Å². The first-order valence-electron chi connectivity index (χ1n) is 4.14. The van der Waals surface area contributed by atoms with Crippen molar-refractivity contribution in [2.75, 3.05) is 11.9 Å². The summed E-state index contributed by atoms with van der Waals surface area (Å²) in [5.74, 6) is 2.54. The van der Waals surface area contributed by atoms with Crippen molar-refractivity contribution in [3.8, 4) is 18.4 Å². The summed E-state index contributed by atoms with van der Waals surface area (Å²) in [6.45, 7) is 0.720. The van der Waals surface area contributed by atoms with E-state index >= 15 is 0 Å². The Hall–Kier alpha value is -1.45. The molecule has 1 aromatic carbocycles. The largest absolute Gasteiger partial charge is 0.384 e. The minimum absolute atomic E-state index is 0.627. The standard InChI is InChI=1S/C11H9BrN2/c1-2-3-4-14-11-6-9(8-13)5-10(12)7-11/h1,5-7,14H,3-4H2. The Bertz CT molecular complexity index is 399. The van der Waals surface area contributed by atoms with Crippen LogP contribution in [0.3, 0.4) is 0 Å². The Kier molecular flexibility index (Phi) is 4.04. The molecule has 0 fully saturated rings. The van der Waals surface area contributed by atoms with Gasteiger partial charge in [-0.25, -0.2) is 0 Å². The molecule has 14 heavy (non-hydrogen) atoms. The molecule has 1 rings (SSSR count). The van der Waals surface area contributed by atoms with Gasteiger partial charge < -0.3 is 5.32 Å². The zero-order chi connectivity index (χ0) is 10.4. The summed E-state index contributed by atoms with van der Waals surface area (Å²) in [5.41, 5.74) is 1.54. The van der Waals surface area contributed by atoms with Crippen LogP contribution in [-0.4, -0.2) is 6.54 Å². The number of halogens is 1. The SMILES string of the molecule is C#CCCNc1cc(Br)cc(C#N)c1. The molecule has 3 heteroatoms. The van der Waals surface area contributed by atoms with E-state index in [1.165, 1.54) is 0 Å². The maximum Gasteiger partial charge on any atom is 0.0992 e. The molecule has 0 aromatic heterocycles. The second-order valence-corrected chi connectivity index (χ2v) is 3.64. The van der Waals surface area contributed by atoms with Crippen molar-refractivity contribution in [3.63, 3.8) is 0 Å². The second-order valence-electron chi connectivity index (χ2n) is 2.72. The Morgan fingerprint density at radius 3 is 2.86 bits per heavy atom. The van der Waals surface area contributed by atoms with Gasteiger partial charge in [0.25, 0.3) is 0 Å². The Labute approximate surface area is 92.1 Å². The van der Waals surface area contributed by atoms with Gasteiger partial charge in [-0.1, -0.05) is 15.9 Å². The van der Waals surface area contributed by atoms with E-state index in [1.54, 1.807) is 12.1 Å². The van der Waals surface area contributed by atoms with Crippen LogP contribution in [0, 0.1) is 23.7 Å². The number of nitrogens with zero attached hydrogens (tertiary/aromatic N) is 1. The highest BCUT2D eigenvalue weighted by molar-refractivity contribution is 9.10. The van der Waals surface area contributed by atoms with Crippen LogP contribution < -0.4 is 5.32 Å². The van der Waals surface area contributed by atoms with Crippen molar-refractivity contribution < 1.29 is 0 Å². The lowest BCUT2D eigenvalue weighted by Gasteiger charge is -2.04. The molecule has 0 spiro atoms. The van der Waals surface area contributed by atoms with E-state index in [1.807, 2.05) is 6.07 Å². The minimum Gasteiger partial charge on any atom is -0.384 e. The number of nitrogens with one attached hydrogen (secondary N) is 1. The maximum absolute atomic E-state index is 8.73. The topological polar surface area (TPSA) is 35.8 Å². The summed E-state index contributed by atoms with van der Waals surface area (Å²) in [6, 6.07) is 7.57. The monoisotopic (exact) mass is 248 g/mol. The predicted octanol–water partition coefficient (Wildman–Crippen LogP) is 2.76. The molecule has 0 bridgehead atoms. The van der Waals surface area contributed by atoms with Crippen LogP contribution in [0.15, 0.2) is 22.7 Å². The van der Waals surface area contributed by atoms with Crippen molar-refractivity contribution in [3.05, 3.63) is 28.2 Å². The van der Waals surface area contributed by atoms with Crippen molar-refractivity contribution in [1.82, 2.24) is 0 Å². The third-order valence-electron chi connectivity index (χ3n) is 1.63. The fraction of sp³-hybridized carbons (Fsp3) is 0.182. The molecule has 0 unspecified atom stereocenters. The smallest absolute Gasteiger partial charge is 0.0992 e. The number of benzene rings is 1. The molecule has 0 atom stereocenters. The normalized spacial score (nSPS) is 8.79. The van der Waals surface area contributed by atoms with Crippen LogP contribution in [0.5, 0.6) is 0 Å². The van der Waals surface area contributed by atoms with Gasteiger partial charge in [-0.3, -0.25) is 0 Å². The fourth-order valence-corrected chi connectivity index (χ4v) is 1.53. The highest BCUT2D eigenvalue weighted by Gasteiger charge is 1.97. The number of hydrogen-bond donors (Lipinski definition) is 1. The van der Waals surface area contributed by atoms with Crippen LogP contribution in [0.1, 0.15) is 12.0 Å². The summed E-state index contributed by atoms with van der Waals surface area (Å²) in [5, 5.41) is 11.9. The van der Waals surface area contributed by atoms with Crippen LogP contribution >= 0.6 is 15.9 Å². The lowest BCUT2D eigenvalue weighted by atomic mass is 10.2. The predicted molar refractivity (Wildman–Crippen MR) is 60.8 cm³/mol. The molecule has 0 radical (unpaired) electrons. The molecule has 0 aliphatic rings. The number of anilines is 1. The van der Waals surface area contributed by atoms with E-state index in [0.717, 1.165) is 16.7 Å². The van der Waals surface area contributed by atoms with E-state index in [4.69, 9.17) is 11.7 Å². The first-order valence-corrected chi connectivity index (χ1v) is 4.93. The van der Waals surface area contributed by atoms with E-state index < -0.39 is 0 Å². The summed E-state index contributed by atoms with van der Waals surface area (Å²) in [4.78, 5) is 0. The van der Waals surface area contributed by atoms with Crippen LogP contribution in [0.25, 0.3) is 0 Å². The highest BCUT2D eigenvalue weighted by Crippen LogP contribution is 2.18. The lowest BCUT2D eigenvalue weighted by Crippen LogP contribution is -2.00. The zero-order valence-corrected chi connectivity index (χ0v) is 9.13.